The topological polar surface area (TPSA) is 124 Å². The quantitative estimate of drug-likeness (QED) is 0.234. The van der Waals surface area contributed by atoms with Crippen molar-refractivity contribution in [2.75, 3.05) is 17.3 Å². The number of fused-ring (bicyclic) bond motifs is 3. The Morgan fingerprint density at radius 3 is 2.56 bits per heavy atom. The lowest BCUT2D eigenvalue weighted by Crippen LogP contribution is -2.70. The van der Waals surface area contributed by atoms with Crippen molar-refractivity contribution in [3.8, 4) is 0 Å². The Bertz CT molecular complexity index is 975. The highest BCUT2D eigenvalue weighted by Crippen LogP contribution is 2.65. The van der Waals surface area contributed by atoms with Gasteiger partial charge in [0.2, 0.25) is 6.43 Å². The highest BCUT2D eigenvalue weighted by molar-refractivity contribution is 5.87. The first-order chi connectivity index (χ1) is 16.9. The molecule has 0 saturated heterocycles. The van der Waals surface area contributed by atoms with Crippen molar-refractivity contribution in [3.63, 3.8) is 0 Å². The molecule has 36 heavy (non-hydrogen) atoms. The largest absolute Gasteiger partial charge is 0.397 e. The fourth-order valence-electron chi connectivity index (χ4n) is 8.57. The molecule has 0 spiro atoms. The smallest absolute Gasteiger partial charge is 0.240 e. The lowest BCUT2D eigenvalue weighted by molar-refractivity contribution is -0.131. The van der Waals surface area contributed by atoms with E-state index in [1.165, 1.54) is 5.01 Å². The Morgan fingerprint density at radius 1 is 1.17 bits per heavy atom. The third-order valence-electron chi connectivity index (χ3n) is 10.3. The van der Waals surface area contributed by atoms with Crippen molar-refractivity contribution >= 4 is 17.2 Å². The van der Waals surface area contributed by atoms with Crippen molar-refractivity contribution in [1.29, 1.82) is 0 Å². The Morgan fingerprint density at radius 2 is 1.89 bits per heavy atom. The molecule has 4 rings (SSSR count). The molecule has 3 aliphatic rings. The van der Waals surface area contributed by atoms with Crippen LogP contribution in [0.4, 0.5) is 20.2 Å². The molecule has 0 aliphatic heterocycles. The summed E-state index contributed by atoms with van der Waals surface area (Å²) in [4.78, 5) is 13.6. The van der Waals surface area contributed by atoms with Crippen molar-refractivity contribution in [3.05, 3.63) is 23.8 Å². The van der Waals surface area contributed by atoms with Crippen LogP contribution >= 0.6 is 0 Å². The second-order valence-corrected chi connectivity index (χ2v) is 12.3. The van der Waals surface area contributed by atoms with E-state index in [9.17, 15) is 13.6 Å². The molecule has 202 valence electrons. The third-order valence-corrected chi connectivity index (χ3v) is 10.3. The average molecular weight is 506 g/mol. The number of nitrogens with two attached hydrogens (primary N) is 4. The molecule has 6 nitrogen and oxygen atoms in total. The molecular formula is C28H45F2N5O. The molecular weight excluding hydrogens is 460 g/mol. The normalized spacial score (nSPS) is 38.0. The van der Waals surface area contributed by atoms with E-state index in [1.807, 2.05) is 25.1 Å². The number of benzene rings is 1. The maximum atomic E-state index is 13.6. The van der Waals surface area contributed by atoms with Crippen LogP contribution in [0.2, 0.25) is 0 Å². The molecule has 8 heteroatoms. The first-order valence-electron chi connectivity index (χ1n) is 13.6. The lowest BCUT2D eigenvalue weighted by Gasteiger charge is -2.62. The lowest BCUT2D eigenvalue weighted by atomic mass is 9.46. The van der Waals surface area contributed by atoms with Gasteiger partial charge in [0.05, 0.1) is 17.9 Å². The Balaban J connectivity index is 1.55. The van der Waals surface area contributed by atoms with E-state index in [2.05, 4.69) is 13.8 Å². The number of carbonyl (C=O) groups is 1. The van der Waals surface area contributed by atoms with Gasteiger partial charge in [-0.2, -0.15) is 0 Å². The first-order valence-corrected chi connectivity index (χ1v) is 13.6. The minimum atomic E-state index is -2.41. The first kappa shape index (κ1) is 27.3. The van der Waals surface area contributed by atoms with Gasteiger partial charge in [0.15, 0.2) is 5.78 Å². The van der Waals surface area contributed by atoms with E-state index in [4.69, 9.17) is 23.0 Å². The van der Waals surface area contributed by atoms with Crippen LogP contribution in [0.15, 0.2) is 18.2 Å². The van der Waals surface area contributed by atoms with E-state index in [0.717, 1.165) is 44.1 Å². The summed E-state index contributed by atoms with van der Waals surface area (Å²) in [6, 6.07) is 5.63. The Hall–Kier alpha value is -1.77. The van der Waals surface area contributed by atoms with Crippen molar-refractivity contribution in [2.24, 2.45) is 46.4 Å². The molecule has 0 bridgehead atoms. The summed E-state index contributed by atoms with van der Waals surface area (Å²) in [5.74, 6) is 6.59. The predicted octanol–water partition coefficient (Wildman–Crippen LogP) is 4.53. The number of hydrogen-bond acceptors (Lipinski definition) is 6. The van der Waals surface area contributed by atoms with Crippen LogP contribution in [0.3, 0.4) is 0 Å². The summed E-state index contributed by atoms with van der Waals surface area (Å²) in [6.45, 7) is 6.37. The van der Waals surface area contributed by atoms with Crippen LogP contribution in [-0.2, 0) is 4.79 Å². The summed E-state index contributed by atoms with van der Waals surface area (Å²) in [5.41, 5.74) is 20.8. The van der Waals surface area contributed by atoms with Gasteiger partial charge in [0.25, 0.3) is 0 Å². The van der Waals surface area contributed by atoms with Gasteiger partial charge in [-0.1, -0.05) is 26.3 Å². The number of anilines is 2. The number of nitrogens with zero attached hydrogens (tertiary/aromatic N) is 1. The number of hydrazine groups is 1. The van der Waals surface area contributed by atoms with E-state index >= 15 is 0 Å². The molecule has 1 aromatic rings. The van der Waals surface area contributed by atoms with Gasteiger partial charge in [-0.05, 0) is 92.7 Å². The maximum Gasteiger partial charge on any atom is 0.240 e. The Kier molecular flexibility index (Phi) is 7.45. The Labute approximate surface area is 214 Å². The van der Waals surface area contributed by atoms with Gasteiger partial charge < -0.3 is 22.2 Å². The zero-order valence-corrected chi connectivity index (χ0v) is 22.1. The molecule has 3 fully saturated rings. The molecule has 3 saturated carbocycles. The number of hydrogen-bond donors (Lipinski definition) is 4. The number of rotatable bonds is 8. The van der Waals surface area contributed by atoms with Gasteiger partial charge in [0, 0.05) is 23.4 Å². The molecule has 0 amide bonds. The molecule has 0 aromatic heterocycles. The molecule has 0 radical (unpaired) electrons. The minimum Gasteiger partial charge on any atom is -0.397 e. The van der Waals surface area contributed by atoms with Crippen LogP contribution in [-0.4, -0.2) is 29.8 Å². The third kappa shape index (κ3) is 4.54. The number of ketones is 1. The molecule has 8 N–H and O–H groups in total. The highest BCUT2D eigenvalue weighted by atomic mass is 19.3. The second kappa shape index (κ2) is 9.84. The summed E-state index contributed by atoms with van der Waals surface area (Å²) < 4.78 is 27.0. The second-order valence-electron chi connectivity index (χ2n) is 12.3. The molecule has 7 atom stereocenters. The standard InChI is InChI=1S/C28H45F2N5O/c1-4-5-18-19-10-11-26(3)20(23(36)16-35(34)22-14-17(2)6-8-21(22)31)7-9-24(26)28(19,33)13-12-27(18,32)15-25(29)30/h6,8,14,18-20,24-25H,4-5,7,9-13,15-16,31-34H2,1-3H3. The summed E-state index contributed by atoms with van der Waals surface area (Å²) in [6.07, 6.45) is 3.56. The summed E-state index contributed by atoms with van der Waals surface area (Å²) >= 11 is 0. The number of alkyl halides is 2. The molecule has 3 aliphatic carbocycles. The molecule has 7 unspecified atom stereocenters. The van der Waals surface area contributed by atoms with Gasteiger partial charge >= 0.3 is 0 Å². The zero-order chi connectivity index (χ0) is 26.5. The van der Waals surface area contributed by atoms with Gasteiger partial charge in [-0.25, -0.2) is 14.6 Å². The number of halogens is 2. The van der Waals surface area contributed by atoms with E-state index in [0.29, 0.717) is 24.2 Å². The number of Topliss-reactive ketones (excluding diaryl/α,β-unsaturated/α-hetero) is 1. The van der Waals surface area contributed by atoms with Gasteiger partial charge in [0.1, 0.15) is 0 Å². The van der Waals surface area contributed by atoms with Crippen molar-refractivity contribution < 1.29 is 13.6 Å². The SMILES string of the molecule is CCCC1C2CCC3(C)C(C(=O)CN(N)c4cc(C)ccc4N)CCC3C2(N)CCC1(N)CC(F)F. The summed E-state index contributed by atoms with van der Waals surface area (Å²) in [7, 11) is 0. The fraction of sp³-hybridized carbons (Fsp3) is 0.750. The van der Waals surface area contributed by atoms with E-state index in [1.54, 1.807) is 0 Å². The average Bonchev–Trinajstić information content (AvgIpc) is 3.16. The van der Waals surface area contributed by atoms with Crippen LogP contribution in [0, 0.1) is 36.0 Å². The van der Waals surface area contributed by atoms with Gasteiger partial charge in [-0.15, -0.1) is 0 Å². The maximum absolute atomic E-state index is 13.6. The highest BCUT2D eigenvalue weighted by Gasteiger charge is 2.65. The van der Waals surface area contributed by atoms with Crippen molar-refractivity contribution in [1.82, 2.24) is 0 Å². The zero-order valence-electron chi connectivity index (χ0n) is 22.1. The van der Waals surface area contributed by atoms with Crippen LogP contribution in [0.1, 0.15) is 77.2 Å². The number of aryl methyl sites for hydroxylation is 1. The van der Waals surface area contributed by atoms with E-state index in [-0.39, 0.29) is 47.8 Å². The minimum absolute atomic E-state index is 0.0154. The monoisotopic (exact) mass is 505 g/mol. The number of carbonyl (C=O) groups excluding carboxylic acids is 1. The fourth-order valence-corrected chi connectivity index (χ4v) is 8.57. The molecule has 1 aromatic carbocycles. The number of nitrogen functional groups attached to an aromatic ring is 1. The molecule has 0 heterocycles. The van der Waals surface area contributed by atoms with E-state index < -0.39 is 17.5 Å². The predicted molar refractivity (Wildman–Crippen MR) is 141 cm³/mol. The van der Waals surface area contributed by atoms with Gasteiger partial charge in [-0.3, -0.25) is 4.79 Å². The van der Waals surface area contributed by atoms with Crippen LogP contribution < -0.4 is 28.1 Å². The summed E-state index contributed by atoms with van der Waals surface area (Å²) in [5, 5.41) is 1.47. The van der Waals surface area contributed by atoms with Crippen molar-refractivity contribution in [2.45, 2.75) is 96.1 Å². The van der Waals surface area contributed by atoms with Crippen LogP contribution in [0.25, 0.3) is 0 Å². The van der Waals surface area contributed by atoms with Crippen LogP contribution in [0.5, 0.6) is 0 Å².